The van der Waals surface area contributed by atoms with Crippen LogP contribution in [0.3, 0.4) is 0 Å². The van der Waals surface area contributed by atoms with Gasteiger partial charge in [0, 0.05) is 12.1 Å². The van der Waals surface area contributed by atoms with E-state index < -0.39 is 4.92 Å². The number of halogens is 2. The summed E-state index contributed by atoms with van der Waals surface area (Å²) in [5, 5.41) is 10.7. The van der Waals surface area contributed by atoms with Crippen LogP contribution >= 0.6 is 23.2 Å². The number of non-ortho nitro benzene ring substituents is 1. The number of hydrogen-bond donors (Lipinski definition) is 0. The third-order valence-electron chi connectivity index (χ3n) is 2.74. The summed E-state index contributed by atoms with van der Waals surface area (Å²) in [6.07, 6.45) is 0.616. The van der Waals surface area contributed by atoms with Crippen molar-refractivity contribution in [2.75, 3.05) is 7.11 Å². The Kier molecular flexibility index (Phi) is 4.85. The van der Waals surface area contributed by atoms with Crippen LogP contribution in [0.15, 0.2) is 30.3 Å². The molecule has 0 aliphatic heterocycles. The van der Waals surface area contributed by atoms with Crippen LogP contribution in [0.5, 0.6) is 17.2 Å². The number of nitrogens with zero attached hydrogens (tertiary/aromatic N) is 1. The number of rotatable bonds is 5. The number of carbonyl (C=O) groups is 1. The molecule has 0 aromatic heterocycles. The molecule has 6 nitrogen and oxygen atoms in total. The third-order valence-corrected chi connectivity index (χ3v) is 3.30. The number of carbonyl (C=O) groups excluding carboxylic acids is 1. The number of methoxy groups -OCH3 is 1. The molecule has 0 amide bonds. The first-order chi connectivity index (χ1) is 10.5. The lowest BCUT2D eigenvalue weighted by Crippen LogP contribution is -1.94. The van der Waals surface area contributed by atoms with Gasteiger partial charge in [0.1, 0.15) is 11.5 Å². The molecule has 0 atom stereocenters. The number of hydrogen-bond acceptors (Lipinski definition) is 5. The summed E-state index contributed by atoms with van der Waals surface area (Å²) >= 11 is 11.9. The highest BCUT2D eigenvalue weighted by atomic mass is 35.5. The van der Waals surface area contributed by atoms with E-state index in [2.05, 4.69) is 0 Å². The number of ether oxygens (including phenoxy) is 2. The maximum Gasteiger partial charge on any atom is 0.272 e. The van der Waals surface area contributed by atoms with Crippen LogP contribution in [0.1, 0.15) is 10.4 Å². The van der Waals surface area contributed by atoms with Crippen molar-refractivity contribution in [3.05, 3.63) is 56.1 Å². The van der Waals surface area contributed by atoms with E-state index in [1.165, 1.54) is 13.2 Å². The second kappa shape index (κ2) is 6.64. The first kappa shape index (κ1) is 16.1. The number of aldehydes is 1. The molecule has 2 aromatic rings. The first-order valence-electron chi connectivity index (χ1n) is 5.90. The summed E-state index contributed by atoms with van der Waals surface area (Å²) in [5.41, 5.74) is 0.0415. The average Bonchev–Trinajstić information content (AvgIpc) is 2.50. The Labute approximate surface area is 135 Å². The third kappa shape index (κ3) is 3.29. The second-order valence-corrected chi connectivity index (χ2v) is 4.93. The molecule has 0 radical (unpaired) electrons. The summed E-state index contributed by atoms with van der Waals surface area (Å²) in [6.45, 7) is 0. The second-order valence-electron chi connectivity index (χ2n) is 4.12. The molecule has 0 N–H and O–H groups in total. The molecule has 114 valence electrons. The van der Waals surface area contributed by atoms with E-state index in [1.54, 1.807) is 12.1 Å². The molecule has 0 bridgehead atoms. The van der Waals surface area contributed by atoms with E-state index in [9.17, 15) is 14.9 Å². The van der Waals surface area contributed by atoms with Crippen LogP contribution < -0.4 is 9.47 Å². The van der Waals surface area contributed by atoms with Crippen LogP contribution in [0.2, 0.25) is 10.0 Å². The SMILES string of the molecule is COc1ccc(Oc2c(Cl)cc([N+](=O)[O-])cc2Cl)cc1C=O. The van der Waals surface area contributed by atoms with Gasteiger partial charge in [-0.05, 0) is 18.2 Å². The fourth-order valence-electron chi connectivity index (χ4n) is 1.74. The van der Waals surface area contributed by atoms with Crippen molar-refractivity contribution in [1.29, 1.82) is 0 Å². The molecular weight excluding hydrogens is 333 g/mol. The van der Waals surface area contributed by atoms with Crippen molar-refractivity contribution in [2.45, 2.75) is 0 Å². The van der Waals surface area contributed by atoms with E-state index >= 15 is 0 Å². The highest BCUT2D eigenvalue weighted by Gasteiger charge is 2.17. The van der Waals surface area contributed by atoms with Crippen LogP contribution in [0.25, 0.3) is 0 Å². The van der Waals surface area contributed by atoms with Crippen molar-refractivity contribution in [2.24, 2.45) is 0 Å². The Bertz CT molecular complexity index is 725. The molecule has 0 saturated carbocycles. The first-order valence-corrected chi connectivity index (χ1v) is 6.66. The van der Waals surface area contributed by atoms with Gasteiger partial charge in [-0.15, -0.1) is 0 Å². The summed E-state index contributed by atoms with van der Waals surface area (Å²) in [5.74, 6) is 0.750. The monoisotopic (exact) mass is 341 g/mol. The van der Waals surface area contributed by atoms with Crippen LogP contribution in [0.4, 0.5) is 5.69 Å². The Hall–Kier alpha value is -2.31. The predicted octanol–water partition coefficient (Wildman–Crippen LogP) is 4.52. The molecule has 0 fully saturated rings. The topological polar surface area (TPSA) is 78.7 Å². The molecule has 0 aliphatic carbocycles. The Morgan fingerprint density at radius 1 is 1.18 bits per heavy atom. The van der Waals surface area contributed by atoms with Crippen LogP contribution in [0, 0.1) is 10.1 Å². The molecule has 0 saturated heterocycles. The zero-order chi connectivity index (χ0) is 16.3. The molecular formula is C14H9Cl2NO5. The van der Waals surface area contributed by atoms with Crippen molar-refractivity contribution < 1.29 is 19.2 Å². The average molecular weight is 342 g/mol. The van der Waals surface area contributed by atoms with Crippen molar-refractivity contribution >= 4 is 35.2 Å². The predicted molar refractivity (Wildman–Crippen MR) is 81.6 cm³/mol. The molecule has 0 unspecified atom stereocenters. The highest BCUT2D eigenvalue weighted by molar-refractivity contribution is 6.37. The summed E-state index contributed by atoms with van der Waals surface area (Å²) in [6, 6.07) is 6.81. The number of nitro groups is 1. The molecule has 2 rings (SSSR count). The van der Waals surface area contributed by atoms with Gasteiger partial charge in [-0.1, -0.05) is 23.2 Å². The zero-order valence-electron chi connectivity index (χ0n) is 11.2. The normalized spacial score (nSPS) is 10.1. The summed E-state index contributed by atoms with van der Waals surface area (Å²) in [4.78, 5) is 21.1. The lowest BCUT2D eigenvalue weighted by molar-refractivity contribution is -0.384. The lowest BCUT2D eigenvalue weighted by Gasteiger charge is -2.11. The van der Waals surface area contributed by atoms with E-state index in [-0.39, 0.29) is 27.0 Å². The van der Waals surface area contributed by atoms with Gasteiger partial charge < -0.3 is 9.47 Å². The van der Waals surface area contributed by atoms with E-state index in [0.717, 1.165) is 12.1 Å². The van der Waals surface area contributed by atoms with E-state index in [1.807, 2.05) is 0 Å². The van der Waals surface area contributed by atoms with Crippen LogP contribution in [-0.4, -0.2) is 18.3 Å². The van der Waals surface area contributed by atoms with Gasteiger partial charge in [0.2, 0.25) is 0 Å². The molecule has 8 heteroatoms. The quantitative estimate of drug-likeness (QED) is 0.454. The largest absolute Gasteiger partial charge is 0.496 e. The summed E-state index contributed by atoms with van der Waals surface area (Å²) < 4.78 is 10.5. The number of benzene rings is 2. The van der Waals surface area contributed by atoms with Gasteiger partial charge in [0.15, 0.2) is 12.0 Å². The number of nitro benzene ring substituents is 1. The van der Waals surface area contributed by atoms with Crippen molar-refractivity contribution in [3.8, 4) is 17.2 Å². The fraction of sp³-hybridized carbons (Fsp3) is 0.0714. The Balaban J connectivity index is 2.39. The molecule has 0 spiro atoms. The Morgan fingerprint density at radius 3 is 2.32 bits per heavy atom. The van der Waals surface area contributed by atoms with Gasteiger partial charge in [0.25, 0.3) is 5.69 Å². The minimum atomic E-state index is -0.612. The smallest absolute Gasteiger partial charge is 0.272 e. The highest BCUT2D eigenvalue weighted by Crippen LogP contribution is 2.39. The fourth-order valence-corrected chi connectivity index (χ4v) is 2.29. The van der Waals surface area contributed by atoms with E-state index in [0.29, 0.717) is 17.8 Å². The van der Waals surface area contributed by atoms with Gasteiger partial charge >= 0.3 is 0 Å². The standard InChI is InChI=1S/C14H9Cl2NO5/c1-21-13-3-2-10(4-8(13)7-18)22-14-11(15)5-9(17(19)20)6-12(14)16/h2-7H,1H3. The summed E-state index contributed by atoms with van der Waals surface area (Å²) in [7, 11) is 1.44. The van der Waals surface area contributed by atoms with Crippen LogP contribution in [-0.2, 0) is 0 Å². The molecule has 2 aromatic carbocycles. The van der Waals surface area contributed by atoms with E-state index in [4.69, 9.17) is 32.7 Å². The van der Waals surface area contributed by atoms with Gasteiger partial charge in [-0.2, -0.15) is 0 Å². The van der Waals surface area contributed by atoms with Crippen molar-refractivity contribution in [3.63, 3.8) is 0 Å². The maximum atomic E-state index is 11.0. The molecule has 22 heavy (non-hydrogen) atoms. The Morgan fingerprint density at radius 2 is 1.82 bits per heavy atom. The van der Waals surface area contributed by atoms with Crippen molar-refractivity contribution in [1.82, 2.24) is 0 Å². The minimum Gasteiger partial charge on any atom is -0.496 e. The maximum absolute atomic E-state index is 11.0. The lowest BCUT2D eigenvalue weighted by atomic mass is 10.2. The molecule has 0 aliphatic rings. The molecule has 0 heterocycles. The zero-order valence-corrected chi connectivity index (χ0v) is 12.7. The van der Waals surface area contributed by atoms with Gasteiger partial charge in [0.05, 0.1) is 27.6 Å². The minimum absolute atomic E-state index is 0.0114. The van der Waals surface area contributed by atoms with Gasteiger partial charge in [-0.25, -0.2) is 0 Å². The van der Waals surface area contributed by atoms with Gasteiger partial charge in [-0.3, -0.25) is 14.9 Å².